The lowest BCUT2D eigenvalue weighted by Crippen LogP contribution is -2.43. The SMILES string of the molecule is O=C(O)[C@@H](F)ON1C(=O)N2C[C@H]1CC[C@H]2[S@](=O)CCO. The summed E-state index contributed by atoms with van der Waals surface area (Å²) in [6.07, 6.45) is -1.73. The molecule has 0 aromatic carbocycles. The quantitative estimate of drug-likeness (QED) is 0.669. The van der Waals surface area contributed by atoms with Gasteiger partial charge in [-0.1, -0.05) is 0 Å². The van der Waals surface area contributed by atoms with E-state index < -0.39 is 40.6 Å². The summed E-state index contributed by atoms with van der Waals surface area (Å²) in [6.45, 7) is -0.0344. The Labute approximate surface area is 116 Å². The van der Waals surface area contributed by atoms with Gasteiger partial charge in [-0.25, -0.2) is 18.8 Å². The van der Waals surface area contributed by atoms with Crippen LogP contribution in [0.15, 0.2) is 0 Å². The summed E-state index contributed by atoms with van der Waals surface area (Å²) < 4.78 is 25.0. The second-order valence-corrected chi connectivity index (χ2v) is 6.23. The van der Waals surface area contributed by atoms with E-state index in [2.05, 4.69) is 4.84 Å². The van der Waals surface area contributed by atoms with E-state index in [-0.39, 0.29) is 18.9 Å². The van der Waals surface area contributed by atoms with Crippen LogP contribution in [0.5, 0.6) is 0 Å². The number of carbonyl (C=O) groups is 2. The molecule has 2 saturated heterocycles. The topological polar surface area (TPSA) is 107 Å². The second kappa shape index (κ2) is 6.02. The number of hydrogen-bond acceptors (Lipinski definition) is 5. The number of piperidine rings is 1. The largest absolute Gasteiger partial charge is 0.477 e. The van der Waals surface area contributed by atoms with Crippen LogP contribution in [0.1, 0.15) is 12.8 Å². The molecule has 0 saturated carbocycles. The lowest BCUT2D eigenvalue weighted by molar-refractivity contribution is -0.223. The Morgan fingerprint density at radius 3 is 2.85 bits per heavy atom. The summed E-state index contributed by atoms with van der Waals surface area (Å²) in [6, 6.07) is -1.13. The van der Waals surface area contributed by atoms with E-state index in [0.717, 1.165) is 5.06 Å². The van der Waals surface area contributed by atoms with E-state index in [4.69, 9.17) is 10.2 Å². The lowest BCUT2D eigenvalue weighted by atomic mass is 10.1. The molecule has 10 heteroatoms. The molecule has 2 bridgehead atoms. The number of amides is 2. The fourth-order valence-corrected chi connectivity index (χ4v) is 3.69. The predicted octanol–water partition coefficient (Wildman–Crippen LogP) is -0.735. The third-order valence-electron chi connectivity index (χ3n) is 3.26. The highest BCUT2D eigenvalue weighted by molar-refractivity contribution is 7.85. The Hall–Kier alpha value is -1.26. The van der Waals surface area contributed by atoms with Gasteiger partial charge in [-0.15, -0.1) is 0 Å². The molecular weight excluding hydrogens is 295 g/mol. The van der Waals surface area contributed by atoms with Crippen LogP contribution in [-0.4, -0.2) is 73.1 Å². The fraction of sp³-hybridized carbons (Fsp3) is 0.800. The van der Waals surface area contributed by atoms with Gasteiger partial charge in [0.25, 0.3) is 0 Å². The molecule has 0 aromatic rings. The third kappa shape index (κ3) is 2.76. The van der Waals surface area contributed by atoms with Gasteiger partial charge in [0.2, 0.25) is 0 Å². The minimum absolute atomic E-state index is 0.0564. The van der Waals surface area contributed by atoms with Crippen LogP contribution in [0, 0.1) is 0 Å². The molecule has 114 valence electrons. The molecule has 20 heavy (non-hydrogen) atoms. The van der Waals surface area contributed by atoms with Crippen LogP contribution in [-0.2, 0) is 20.4 Å². The van der Waals surface area contributed by atoms with Crippen molar-refractivity contribution in [2.24, 2.45) is 0 Å². The smallest absolute Gasteiger partial charge is 0.368 e. The van der Waals surface area contributed by atoms with Crippen LogP contribution in [0.4, 0.5) is 9.18 Å². The molecule has 2 amide bonds. The van der Waals surface area contributed by atoms with E-state index >= 15 is 0 Å². The number of carboxylic acids is 1. The van der Waals surface area contributed by atoms with Crippen molar-refractivity contribution in [2.75, 3.05) is 18.9 Å². The first-order valence-electron chi connectivity index (χ1n) is 6.07. The van der Waals surface area contributed by atoms with Crippen molar-refractivity contribution >= 4 is 22.8 Å². The minimum Gasteiger partial charge on any atom is -0.477 e. The van der Waals surface area contributed by atoms with Crippen molar-refractivity contribution in [3.8, 4) is 0 Å². The third-order valence-corrected chi connectivity index (χ3v) is 4.95. The Bertz CT molecular complexity index is 436. The Balaban J connectivity index is 2.06. The molecule has 2 heterocycles. The molecule has 2 fully saturated rings. The summed E-state index contributed by atoms with van der Waals surface area (Å²) >= 11 is 0. The van der Waals surface area contributed by atoms with Crippen LogP contribution in [0.2, 0.25) is 0 Å². The van der Waals surface area contributed by atoms with Crippen LogP contribution < -0.4 is 0 Å². The maximum Gasteiger partial charge on any atom is 0.368 e. The molecule has 8 nitrogen and oxygen atoms in total. The van der Waals surface area contributed by atoms with Crippen molar-refractivity contribution in [1.29, 1.82) is 0 Å². The summed E-state index contributed by atoms with van der Waals surface area (Å²) in [5.74, 6) is -1.75. The van der Waals surface area contributed by atoms with Crippen molar-refractivity contribution in [1.82, 2.24) is 9.96 Å². The van der Waals surface area contributed by atoms with Gasteiger partial charge < -0.3 is 15.1 Å². The zero-order valence-electron chi connectivity index (χ0n) is 10.5. The normalized spacial score (nSPS) is 28.6. The molecule has 2 rings (SSSR count). The number of nitrogens with zero attached hydrogens (tertiary/aromatic N) is 2. The number of hydroxylamine groups is 2. The first kappa shape index (κ1) is 15.1. The van der Waals surface area contributed by atoms with Crippen molar-refractivity contribution < 1.29 is 33.2 Å². The number of hydrogen-bond donors (Lipinski definition) is 2. The maximum atomic E-state index is 13.1. The highest BCUT2D eigenvalue weighted by Crippen LogP contribution is 2.32. The minimum atomic E-state index is -2.61. The molecule has 0 aromatic heterocycles. The van der Waals surface area contributed by atoms with Crippen molar-refractivity contribution in [3.63, 3.8) is 0 Å². The number of carbonyl (C=O) groups excluding carboxylic acids is 1. The number of alkyl halides is 1. The standard InChI is InChI=1S/C10H15FN2O6S/c11-8(9(15)16)19-13-6-1-2-7(20(18)4-3-14)12(5-6)10(13)17/h6-8,14H,1-5H2,(H,15,16)/t6-,7-,8+,20-/m1/s1. The van der Waals surface area contributed by atoms with Gasteiger partial charge in [-0.2, -0.15) is 5.06 Å². The Kier molecular flexibility index (Phi) is 4.55. The highest BCUT2D eigenvalue weighted by atomic mass is 32.2. The van der Waals surface area contributed by atoms with Gasteiger partial charge in [0.05, 0.1) is 12.6 Å². The number of urea groups is 1. The number of rotatable bonds is 6. The Morgan fingerprint density at radius 2 is 2.25 bits per heavy atom. The van der Waals surface area contributed by atoms with Gasteiger partial charge >= 0.3 is 18.4 Å². The van der Waals surface area contributed by atoms with Crippen LogP contribution in [0.25, 0.3) is 0 Å². The number of fused-ring (bicyclic) bond motifs is 2. The molecule has 2 aliphatic rings. The molecule has 0 aliphatic carbocycles. The molecule has 0 radical (unpaired) electrons. The van der Waals surface area contributed by atoms with E-state index in [9.17, 15) is 18.2 Å². The molecule has 0 unspecified atom stereocenters. The van der Waals surface area contributed by atoms with E-state index in [0.29, 0.717) is 12.8 Å². The van der Waals surface area contributed by atoms with E-state index in [1.54, 1.807) is 0 Å². The van der Waals surface area contributed by atoms with Gasteiger partial charge in [-0.05, 0) is 12.8 Å². The molecular formula is C10H15FN2O6S. The first-order valence-corrected chi connectivity index (χ1v) is 7.45. The average molecular weight is 310 g/mol. The highest BCUT2D eigenvalue weighted by Gasteiger charge is 2.48. The zero-order valence-corrected chi connectivity index (χ0v) is 11.3. The second-order valence-electron chi connectivity index (χ2n) is 4.51. The number of aliphatic hydroxyl groups excluding tert-OH is 1. The summed E-state index contributed by atoms with van der Waals surface area (Å²) in [5, 5.41) is 17.4. The number of aliphatic carboxylic acids is 1. The summed E-state index contributed by atoms with van der Waals surface area (Å²) in [7, 11) is -1.40. The molecule has 4 atom stereocenters. The average Bonchev–Trinajstić information content (AvgIpc) is 2.64. The van der Waals surface area contributed by atoms with Crippen LogP contribution >= 0.6 is 0 Å². The predicted molar refractivity (Wildman–Crippen MR) is 64.5 cm³/mol. The summed E-state index contributed by atoms with van der Waals surface area (Å²) in [5.41, 5.74) is 0. The van der Waals surface area contributed by atoms with Crippen LogP contribution in [0.3, 0.4) is 0 Å². The number of carboxylic acid groups (broad SMARTS) is 1. The fourth-order valence-electron chi connectivity index (χ4n) is 2.38. The number of halogens is 1. The monoisotopic (exact) mass is 310 g/mol. The van der Waals surface area contributed by atoms with Gasteiger partial charge in [0.15, 0.2) is 0 Å². The Morgan fingerprint density at radius 1 is 1.55 bits per heavy atom. The van der Waals surface area contributed by atoms with Crippen molar-refractivity contribution in [3.05, 3.63) is 0 Å². The maximum absolute atomic E-state index is 13.1. The van der Waals surface area contributed by atoms with Gasteiger partial charge in [-0.3, -0.25) is 4.21 Å². The molecule has 0 spiro atoms. The first-order chi connectivity index (χ1) is 9.45. The van der Waals surface area contributed by atoms with Gasteiger partial charge in [0, 0.05) is 23.1 Å². The van der Waals surface area contributed by atoms with E-state index in [1.807, 2.05) is 0 Å². The zero-order chi connectivity index (χ0) is 14.9. The number of aliphatic hydroxyl groups is 1. The van der Waals surface area contributed by atoms with Gasteiger partial charge in [0.1, 0.15) is 5.37 Å². The summed E-state index contributed by atoms with van der Waals surface area (Å²) in [4.78, 5) is 28.3. The molecule has 2 N–H and O–H groups in total. The van der Waals surface area contributed by atoms with Crippen molar-refractivity contribution in [2.45, 2.75) is 30.6 Å². The molecule has 2 aliphatic heterocycles. The lowest BCUT2D eigenvalue weighted by Gasteiger charge is -2.29. The van der Waals surface area contributed by atoms with E-state index in [1.165, 1.54) is 4.90 Å².